The zero-order valence-electron chi connectivity index (χ0n) is 17.3. The van der Waals surface area contributed by atoms with Crippen LogP contribution in [0.15, 0.2) is 12.1 Å². The Hall–Kier alpha value is -1.98. The first-order valence-electron chi connectivity index (χ1n) is 10.3. The van der Waals surface area contributed by atoms with Crippen molar-refractivity contribution in [2.75, 3.05) is 6.61 Å². The molecule has 4 nitrogen and oxygen atoms in total. The summed E-state index contributed by atoms with van der Waals surface area (Å²) in [6.07, 6.45) is 10.4. The third-order valence-electron chi connectivity index (χ3n) is 4.70. The summed E-state index contributed by atoms with van der Waals surface area (Å²) in [5.74, 6) is -3.46. The molecule has 1 unspecified atom stereocenters. The van der Waals surface area contributed by atoms with Gasteiger partial charge in [0.15, 0.2) is 0 Å². The Kier molecular flexibility index (Phi) is 11.4. The summed E-state index contributed by atoms with van der Waals surface area (Å²) in [7, 11) is 0. The molecule has 1 aromatic carbocycles. The summed E-state index contributed by atoms with van der Waals surface area (Å²) in [5.41, 5.74) is -0.522. The molecule has 1 N–H and O–H groups in total. The molecule has 1 amide bonds. The van der Waals surface area contributed by atoms with E-state index in [0.717, 1.165) is 25.3 Å². The number of ether oxygens (including phenoxy) is 1. The van der Waals surface area contributed by atoms with Crippen molar-refractivity contribution in [3.63, 3.8) is 0 Å². The second-order valence-electron chi connectivity index (χ2n) is 7.24. The van der Waals surface area contributed by atoms with Crippen LogP contribution in [-0.4, -0.2) is 24.5 Å². The van der Waals surface area contributed by atoms with Crippen molar-refractivity contribution >= 4 is 11.9 Å². The number of nitrogens with one attached hydrogen (secondary N) is 1. The molecule has 0 aliphatic rings. The highest BCUT2D eigenvalue weighted by molar-refractivity contribution is 5.97. The van der Waals surface area contributed by atoms with E-state index in [2.05, 4.69) is 12.2 Å². The Morgan fingerprint density at radius 1 is 1.00 bits per heavy atom. The average Bonchev–Trinajstić information content (AvgIpc) is 2.66. The molecule has 0 aliphatic heterocycles. The van der Waals surface area contributed by atoms with E-state index in [9.17, 15) is 18.4 Å². The van der Waals surface area contributed by atoms with Crippen LogP contribution < -0.4 is 5.32 Å². The van der Waals surface area contributed by atoms with Crippen molar-refractivity contribution in [1.82, 2.24) is 5.32 Å². The number of amides is 1. The molecule has 0 aliphatic carbocycles. The first-order valence-corrected chi connectivity index (χ1v) is 10.3. The van der Waals surface area contributed by atoms with Crippen LogP contribution in [0.3, 0.4) is 0 Å². The highest BCUT2D eigenvalue weighted by Crippen LogP contribution is 2.16. The number of halogens is 2. The maximum absolute atomic E-state index is 14.0. The first-order chi connectivity index (χ1) is 13.4. The minimum atomic E-state index is -0.981. The van der Waals surface area contributed by atoms with Gasteiger partial charge in [-0.1, -0.05) is 64.4 Å². The molecule has 6 heteroatoms. The van der Waals surface area contributed by atoms with Crippen LogP contribution in [0.4, 0.5) is 8.78 Å². The van der Waals surface area contributed by atoms with Crippen LogP contribution in [0, 0.1) is 18.6 Å². The van der Waals surface area contributed by atoms with E-state index < -0.39 is 35.1 Å². The number of aryl methyl sites for hydroxylation is 1. The summed E-state index contributed by atoms with van der Waals surface area (Å²) in [5, 5.41) is 2.30. The van der Waals surface area contributed by atoms with Crippen LogP contribution in [0.2, 0.25) is 0 Å². The van der Waals surface area contributed by atoms with Gasteiger partial charge in [0.2, 0.25) is 0 Å². The van der Waals surface area contributed by atoms with Crippen molar-refractivity contribution in [3.05, 3.63) is 34.9 Å². The second kappa shape index (κ2) is 13.2. The molecule has 0 heterocycles. The number of benzene rings is 1. The topological polar surface area (TPSA) is 55.4 Å². The Bertz CT molecular complexity index is 634. The minimum absolute atomic E-state index is 0.159. The van der Waals surface area contributed by atoms with Gasteiger partial charge >= 0.3 is 5.97 Å². The quantitative estimate of drug-likeness (QED) is 0.355. The van der Waals surface area contributed by atoms with Crippen LogP contribution in [-0.2, 0) is 9.53 Å². The van der Waals surface area contributed by atoms with Gasteiger partial charge in [-0.2, -0.15) is 0 Å². The maximum atomic E-state index is 14.0. The van der Waals surface area contributed by atoms with E-state index in [4.69, 9.17) is 4.74 Å². The first kappa shape index (κ1) is 24.1. The van der Waals surface area contributed by atoms with Gasteiger partial charge < -0.3 is 10.1 Å². The molecule has 28 heavy (non-hydrogen) atoms. The predicted molar refractivity (Wildman–Crippen MR) is 106 cm³/mol. The largest absolute Gasteiger partial charge is 0.464 e. The second-order valence-corrected chi connectivity index (χ2v) is 7.24. The number of hydrogen-bond donors (Lipinski definition) is 1. The lowest BCUT2D eigenvalue weighted by molar-refractivity contribution is -0.145. The van der Waals surface area contributed by atoms with E-state index in [1.54, 1.807) is 0 Å². The fourth-order valence-corrected chi connectivity index (χ4v) is 2.90. The minimum Gasteiger partial charge on any atom is -0.464 e. The van der Waals surface area contributed by atoms with Gasteiger partial charge in [0.1, 0.15) is 23.2 Å². The third kappa shape index (κ3) is 8.36. The van der Waals surface area contributed by atoms with Crippen LogP contribution in [0.5, 0.6) is 0 Å². The van der Waals surface area contributed by atoms with E-state index in [1.807, 2.05) is 0 Å². The van der Waals surface area contributed by atoms with Crippen LogP contribution >= 0.6 is 0 Å². The van der Waals surface area contributed by atoms with Gasteiger partial charge in [-0.3, -0.25) is 4.79 Å². The number of esters is 1. The molecule has 0 fully saturated rings. The van der Waals surface area contributed by atoms with Crippen LogP contribution in [0.1, 0.15) is 87.6 Å². The lowest BCUT2D eigenvalue weighted by Crippen LogP contribution is -2.40. The summed E-state index contributed by atoms with van der Waals surface area (Å²) >= 11 is 0. The number of rotatable bonds is 13. The molecule has 0 saturated heterocycles. The molecular formula is C22H33F2NO3. The smallest absolute Gasteiger partial charge is 0.328 e. The van der Waals surface area contributed by atoms with Crippen molar-refractivity contribution < 1.29 is 23.1 Å². The van der Waals surface area contributed by atoms with Crippen molar-refractivity contribution in [2.45, 2.75) is 84.6 Å². The maximum Gasteiger partial charge on any atom is 0.328 e. The average molecular weight is 398 g/mol. The normalized spacial score (nSPS) is 11.9. The molecule has 1 atom stereocenters. The van der Waals surface area contributed by atoms with Gasteiger partial charge in [0, 0.05) is 0 Å². The highest BCUT2D eigenvalue weighted by Gasteiger charge is 2.23. The molecule has 0 spiro atoms. The Labute approximate surface area is 167 Å². The number of carbonyl (C=O) groups excluding carboxylic acids is 2. The molecule has 1 aromatic rings. The number of carbonyl (C=O) groups is 2. The van der Waals surface area contributed by atoms with Crippen LogP contribution in [0.25, 0.3) is 0 Å². The van der Waals surface area contributed by atoms with Crippen molar-refractivity contribution in [1.29, 1.82) is 0 Å². The van der Waals surface area contributed by atoms with Crippen molar-refractivity contribution in [3.8, 4) is 0 Å². The lowest BCUT2D eigenvalue weighted by atomic mass is 10.1. The van der Waals surface area contributed by atoms with E-state index in [0.29, 0.717) is 0 Å². The van der Waals surface area contributed by atoms with Gasteiger partial charge in [-0.15, -0.1) is 0 Å². The molecule has 158 valence electrons. The summed E-state index contributed by atoms with van der Waals surface area (Å²) in [6, 6.07) is 1.30. The third-order valence-corrected chi connectivity index (χ3v) is 4.70. The van der Waals surface area contributed by atoms with Crippen molar-refractivity contribution in [2.24, 2.45) is 0 Å². The molecule has 1 rings (SSSR count). The Morgan fingerprint density at radius 2 is 1.57 bits per heavy atom. The molecule has 0 aromatic heterocycles. The number of hydrogen-bond acceptors (Lipinski definition) is 3. The summed E-state index contributed by atoms with van der Waals surface area (Å²) < 4.78 is 32.9. The van der Waals surface area contributed by atoms with Gasteiger partial charge in [-0.25, -0.2) is 13.6 Å². The van der Waals surface area contributed by atoms with E-state index >= 15 is 0 Å². The molecule has 0 radical (unpaired) electrons. The fraction of sp³-hybridized carbons (Fsp3) is 0.636. The standard InChI is InChI=1S/C22H33F2NO3/c1-4-5-6-7-8-9-10-11-12-15-28-22(27)17(3)25-21(26)19-18(23)14-13-16(2)20(19)24/h13-14,17H,4-12,15H2,1-3H3,(H,25,26). The Morgan fingerprint density at radius 3 is 2.18 bits per heavy atom. The molecule has 0 bridgehead atoms. The zero-order valence-corrected chi connectivity index (χ0v) is 17.3. The monoisotopic (exact) mass is 397 g/mol. The summed E-state index contributed by atoms with van der Waals surface area (Å²) in [6.45, 7) is 5.35. The van der Waals surface area contributed by atoms with E-state index in [1.165, 1.54) is 58.4 Å². The zero-order chi connectivity index (χ0) is 20.9. The van der Waals surface area contributed by atoms with E-state index in [-0.39, 0.29) is 12.2 Å². The highest BCUT2D eigenvalue weighted by atomic mass is 19.1. The fourth-order valence-electron chi connectivity index (χ4n) is 2.90. The van der Waals surface area contributed by atoms with Gasteiger partial charge in [0.25, 0.3) is 5.91 Å². The molecular weight excluding hydrogens is 364 g/mol. The Balaban J connectivity index is 2.25. The SMILES string of the molecule is CCCCCCCCCCCOC(=O)C(C)NC(=O)c1c(F)ccc(C)c1F. The molecule has 0 saturated carbocycles. The lowest BCUT2D eigenvalue weighted by Gasteiger charge is -2.14. The van der Waals surface area contributed by atoms with Gasteiger partial charge in [-0.05, 0) is 31.9 Å². The predicted octanol–water partition coefficient (Wildman–Crippen LogP) is 5.47. The summed E-state index contributed by atoms with van der Waals surface area (Å²) in [4.78, 5) is 24.1. The number of unbranched alkanes of at least 4 members (excludes halogenated alkanes) is 8. The van der Waals surface area contributed by atoms with Gasteiger partial charge in [0.05, 0.1) is 6.61 Å².